The molecule has 2 N–H and O–H groups in total. The van der Waals surface area contributed by atoms with Crippen molar-refractivity contribution in [3.63, 3.8) is 0 Å². The minimum absolute atomic E-state index is 0.0176. The van der Waals surface area contributed by atoms with Crippen molar-refractivity contribution in [1.29, 1.82) is 0 Å². The Hall–Kier alpha value is -1.97. The van der Waals surface area contributed by atoms with E-state index in [-0.39, 0.29) is 30.4 Å². The van der Waals surface area contributed by atoms with Crippen LogP contribution in [-0.4, -0.2) is 74.5 Å². The number of piperidine rings is 1. The molecule has 3 rings (SSSR count). The molecule has 1 aromatic carbocycles. The average molecular weight is 409 g/mol. The van der Waals surface area contributed by atoms with Crippen LogP contribution in [0.3, 0.4) is 0 Å². The van der Waals surface area contributed by atoms with Crippen LogP contribution in [0.2, 0.25) is 0 Å². The van der Waals surface area contributed by atoms with Gasteiger partial charge in [0.25, 0.3) is 5.91 Å². The topological polar surface area (TPSA) is 98.8 Å². The van der Waals surface area contributed by atoms with Gasteiger partial charge in [-0.15, -0.1) is 0 Å². The van der Waals surface area contributed by atoms with E-state index in [4.69, 9.17) is 0 Å². The van der Waals surface area contributed by atoms with Gasteiger partial charge in [-0.2, -0.15) is 0 Å². The number of carbonyl (C=O) groups is 2. The van der Waals surface area contributed by atoms with Gasteiger partial charge in [0.2, 0.25) is 15.9 Å². The summed E-state index contributed by atoms with van der Waals surface area (Å²) < 4.78 is 24.7. The Morgan fingerprint density at radius 2 is 1.86 bits per heavy atom. The summed E-state index contributed by atoms with van der Waals surface area (Å²) in [5.74, 6) is -0.259. The second-order valence-electron chi connectivity index (χ2n) is 7.66. The Morgan fingerprint density at radius 1 is 1.18 bits per heavy atom. The van der Waals surface area contributed by atoms with Gasteiger partial charge in [-0.1, -0.05) is 6.07 Å². The lowest BCUT2D eigenvalue weighted by Crippen LogP contribution is -2.47. The number of benzene rings is 1. The predicted molar refractivity (Wildman–Crippen MR) is 108 cm³/mol. The Labute approximate surface area is 166 Å². The minimum Gasteiger partial charge on any atom is -0.349 e. The van der Waals surface area contributed by atoms with E-state index in [1.165, 1.54) is 10.6 Å². The molecular weight excluding hydrogens is 380 g/mol. The van der Waals surface area contributed by atoms with Gasteiger partial charge in [0.15, 0.2) is 0 Å². The van der Waals surface area contributed by atoms with E-state index in [0.717, 1.165) is 12.8 Å². The molecule has 0 unspecified atom stereocenters. The van der Waals surface area contributed by atoms with E-state index >= 15 is 0 Å². The van der Waals surface area contributed by atoms with E-state index in [0.29, 0.717) is 37.2 Å². The monoisotopic (exact) mass is 408 g/mol. The molecule has 9 heteroatoms. The normalized spacial score (nSPS) is 18.8. The average Bonchev–Trinajstić information content (AvgIpc) is 3.45. The maximum absolute atomic E-state index is 12.4. The lowest BCUT2D eigenvalue weighted by Gasteiger charge is -2.35. The molecule has 0 bridgehead atoms. The standard InChI is InChI=1S/C19H28N4O4S/c1-22(28(2,26)27)17-8-10-23(11-9-17)13-18(24)20-16-5-3-4-14(12-16)19(25)21-15-6-7-15/h3-5,12,15,17H,6-11,13H2,1-2H3,(H,20,24)(H,21,25). The van der Waals surface area contributed by atoms with Gasteiger partial charge < -0.3 is 10.6 Å². The highest BCUT2D eigenvalue weighted by Gasteiger charge is 2.28. The van der Waals surface area contributed by atoms with Crippen LogP contribution in [0.15, 0.2) is 24.3 Å². The highest BCUT2D eigenvalue weighted by molar-refractivity contribution is 7.88. The van der Waals surface area contributed by atoms with Gasteiger partial charge in [-0.3, -0.25) is 14.5 Å². The fourth-order valence-corrected chi connectivity index (χ4v) is 4.10. The van der Waals surface area contributed by atoms with Crippen LogP contribution in [0.4, 0.5) is 5.69 Å². The van der Waals surface area contributed by atoms with Crippen LogP contribution in [0, 0.1) is 0 Å². The maximum Gasteiger partial charge on any atom is 0.251 e. The molecule has 0 aromatic heterocycles. The largest absolute Gasteiger partial charge is 0.349 e. The number of hydrogen-bond donors (Lipinski definition) is 2. The Bertz CT molecular complexity index is 830. The van der Waals surface area contributed by atoms with Crippen LogP contribution in [0.25, 0.3) is 0 Å². The molecule has 1 aliphatic heterocycles. The maximum atomic E-state index is 12.4. The van der Waals surface area contributed by atoms with Gasteiger partial charge in [0.05, 0.1) is 12.8 Å². The van der Waals surface area contributed by atoms with E-state index in [2.05, 4.69) is 10.6 Å². The summed E-state index contributed by atoms with van der Waals surface area (Å²) in [6.07, 6.45) is 4.67. The minimum atomic E-state index is -3.20. The smallest absolute Gasteiger partial charge is 0.251 e. The molecule has 1 aromatic rings. The number of rotatable bonds is 7. The zero-order valence-electron chi connectivity index (χ0n) is 16.3. The molecule has 2 aliphatic rings. The molecule has 2 fully saturated rings. The first-order valence-corrected chi connectivity index (χ1v) is 11.4. The van der Waals surface area contributed by atoms with E-state index in [1.54, 1.807) is 31.3 Å². The third-order valence-corrected chi connectivity index (χ3v) is 6.63. The number of hydrogen-bond acceptors (Lipinski definition) is 5. The van der Waals surface area contributed by atoms with Crippen molar-refractivity contribution < 1.29 is 18.0 Å². The molecule has 0 atom stereocenters. The molecule has 0 radical (unpaired) electrons. The highest BCUT2D eigenvalue weighted by atomic mass is 32.2. The van der Waals surface area contributed by atoms with Crippen LogP contribution in [0.5, 0.6) is 0 Å². The fraction of sp³-hybridized carbons (Fsp3) is 0.579. The van der Waals surface area contributed by atoms with E-state index in [9.17, 15) is 18.0 Å². The Kier molecular flexibility index (Phi) is 6.36. The van der Waals surface area contributed by atoms with Gasteiger partial charge in [-0.05, 0) is 43.9 Å². The van der Waals surface area contributed by atoms with Crippen molar-refractivity contribution in [3.8, 4) is 0 Å². The zero-order valence-corrected chi connectivity index (χ0v) is 17.2. The van der Waals surface area contributed by atoms with E-state index < -0.39 is 10.0 Å². The number of amides is 2. The lowest BCUT2D eigenvalue weighted by atomic mass is 10.1. The van der Waals surface area contributed by atoms with Crippen LogP contribution in [0.1, 0.15) is 36.0 Å². The third kappa shape index (κ3) is 5.76. The second-order valence-corrected chi connectivity index (χ2v) is 9.71. The van der Waals surface area contributed by atoms with Crippen LogP contribution >= 0.6 is 0 Å². The molecule has 28 heavy (non-hydrogen) atoms. The summed E-state index contributed by atoms with van der Waals surface area (Å²) >= 11 is 0. The lowest BCUT2D eigenvalue weighted by molar-refractivity contribution is -0.117. The first kappa shape index (κ1) is 20.8. The quantitative estimate of drug-likeness (QED) is 0.698. The molecular formula is C19H28N4O4S. The molecule has 1 saturated heterocycles. The van der Waals surface area contributed by atoms with Crippen molar-refractivity contribution in [2.24, 2.45) is 0 Å². The fourth-order valence-electron chi connectivity index (χ4n) is 3.35. The van der Waals surface area contributed by atoms with Gasteiger partial charge in [0.1, 0.15) is 0 Å². The van der Waals surface area contributed by atoms with Crippen molar-refractivity contribution in [2.75, 3.05) is 38.3 Å². The summed E-state index contributed by atoms with van der Waals surface area (Å²) in [7, 11) is -1.59. The summed E-state index contributed by atoms with van der Waals surface area (Å²) in [6.45, 7) is 1.58. The van der Waals surface area contributed by atoms with Gasteiger partial charge in [0, 0.05) is 43.5 Å². The zero-order chi connectivity index (χ0) is 20.3. The van der Waals surface area contributed by atoms with Crippen molar-refractivity contribution in [1.82, 2.24) is 14.5 Å². The van der Waals surface area contributed by atoms with Crippen LogP contribution in [-0.2, 0) is 14.8 Å². The number of nitrogens with one attached hydrogen (secondary N) is 2. The summed E-state index contributed by atoms with van der Waals surface area (Å²) in [6, 6.07) is 7.20. The van der Waals surface area contributed by atoms with Crippen molar-refractivity contribution in [3.05, 3.63) is 29.8 Å². The number of sulfonamides is 1. The van der Waals surface area contributed by atoms with E-state index in [1.807, 2.05) is 4.90 Å². The van der Waals surface area contributed by atoms with Gasteiger partial charge in [-0.25, -0.2) is 12.7 Å². The van der Waals surface area contributed by atoms with Crippen molar-refractivity contribution in [2.45, 2.75) is 37.8 Å². The second kappa shape index (κ2) is 8.59. The summed E-state index contributed by atoms with van der Waals surface area (Å²) in [5.41, 5.74) is 1.13. The predicted octanol–water partition coefficient (Wildman–Crippen LogP) is 0.873. The molecule has 2 amide bonds. The number of carbonyl (C=O) groups excluding carboxylic acids is 2. The van der Waals surface area contributed by atoms with Crippen LogP contribution < -0.4 is 10.6 Å². The third-order valence-electron chi connectivity index (χ3n) is 5.28. The molecule has 8 nitrogen and oxygen atoms in total. The Balaban J connectivity index is 1.48. The molecule has 0 spiro atoms. The first-order valence-electron chi connectivity index (χ1n) is 9.58. The summed E-state index contributed by atoms with van der Waals surface area (Å²) in [4.78, 5) is 26.5. The van der Waals surface area contributed by atoms with Crippen molar-refractivity contribution >= 4 is 27.5 Å². The molecule has 1 saturated carbocycles. The molecule has 154 valence electrons. The number of nitrogens with zero attached hydrogens (tertiary/aromatic N) is 2. The highest BCUT2D eigenvalue weighted by Crippen LogP contribution is 2.20. The molecule has 1 heterocycles. The summed E-state index contributed by atoms with van der Waals surface area (Å²) in [5, 5.41) is 5.78. The van der Waals surface area contributed by atoms with Gasteiger partial charge >= 0.3 is 0 Å². The number of likely N-dealkylation sites (tertiary alicyclic amines) is 1. The Morgan fingerprint density at radius 3 is 2.46 bits per heavy atom. The number of anilines is 1. The SMILES string of the molecule is CN(C1CCN(CC(=O)Nc2cccc(C(=O)NC3CC3)c2)CC1)S(C)(=O)=O. The first-order chi connectivity index (χ1) is 13.2. The molecule has 1 aliphatic carbocycles.